The number of hydrogen-bond acceptors (Lipinski definition) is 3. The third-order valence-electron chi connectivity index (χ3n) is 3.28. The molecular formula is C16H21N3S. The van der Waals surface area contributed by atoms with Gasteiger partial charge in [-0.2, -0.15) is 0 Å². The summed E-state index contributed by atoms with van der Waals surface area (Å²) in [6.45, 7) is 6.35. The van der Waals surface area contributed by atoms with Gasteiger partial charge in [-0.05, 0) is 25.0 Å². The fraction of sp³-hybridized carbons (Fsp3) is 0.375. The molecule has 3 nitrogen and oxygen atoms in total. The van der Waals surface area contributed by atoms with E-state index in [1.165, 1.54) is 0 Å². The molecule has 4 heteroatoms. The zero-order valence-electron chi connectivity index (χ0n) is 12.1. The summed E-state index contributed by atoms with van der Waals surface area (Å²) in [6, 6.07) is 10.0. The molecule has 1 heterocycles. The maximum atomic E-state index is 5.88. The molecule has 0 aliphatic rings. The normalized spacial score (nSPS) is 10.7. The van der Waals surface area contributed by atoms with E-state index in [4.69, 9.17) is 22.9 Å². The standard InChI is InChI=1S/C16H21N3S/c1-3-9-19(10-4-2)15-11-13(16(17)20)12-7-5-6-8-14(12)18-15/h5-8,11H,3-4,9-10H2,1-2H3,(H2,17,20). The number of pyridine rings is 1. The Morgan fingerprint density at radius 3 is 2.45 bits per heavy atom. The van der Waals surface area contributed by atoms with Gasteiger partial charge in [0.05, 0.1) is 5.52 Å². The Labute approximate surface area is 125 Å². The summed E-state index contributed by atoms with van der Waals surface area (Å²) in [6.07, 6.45) is 2.19. The van der Waals surface area contributed by atoms with Crippen LogP contribution in [0, 0.1) is 0 Å². The Hall–Kier alpha value is -1.68. The van der Waals surface area contributed by atoms with Gasteiger partial charge in [-0.15, -0.1) is 0 Å². The van der Waals surface area contributed by atoms with Gasteiger partial charge in [-0.1, -0.05) is 44.3 Å². The third-order valence-corrected chi connectivity index (χ3v) is 3.50. The highest BCUT2D eigenvalue weighted by Crippen LogP contribution is 2.23. The Morgan fingerprint density at radius 2 is 1.85 bits per heavy atom. The second kappa shape index (κ2) is 6.66. The van der Waals surface area contributed by atoms with E-state index < -0.39 is 0 Å². The van der Waals surface area contributed by atoms with E-state index in [1.54, 1.807) is 0 Å². The number of benzene rings is 1. The van der Waals surface area contributed by atoms with Crippen molar-refractivity contribution in [3.8, 4) is 0 Å². The van der Waals surface area contributed by atoms with Gasteiger partial charge in [0.15, 0.2) is 0 Å². The molecule has 1 aromatic carbocycles. The van der Waals surface area contributed by atoms with Crippen LogP contribution in [0.1, 0.15) is 32.3 Å². The highest BCUT2D eigenvalue weighted by molar-refractivity contribution is 7.80. The molecule has 0 unspecified atom stereocenters. The maximum Gasteiger partial charge on any atom is 0.129 e. The molecule has 0 radical (unpaired) electrons. The lowest BCUT2D eigenvalue weighted by Crippen LogP contribution is -2.26. The van der Waals surface area contributed by atoms with E-state index in [9.17, 15) is 0 Å². The Balaban J connectivity index is 2.56. The van der Waals surface area contributed by atoms with Crippen LogP contribution < -0.4 is 10.6 Å². The summed E-state index contributed by atoms with van der Waals surface area (Å²) in [4.78, 5) is 7.49. The van der Waals surface area contributed by atoms with Crippen LogP contribution in [-0.2, 0) is 0 Å². The highest BCUT2D eigenvalue weighted by atomic mass is 32.1. The lowest BCUT2D eigenvalue weighted by molar-refractivity contribution is 0.736. The van der Waals surface area contributed by atoms with Crippen molar-refractivity contribution in [2.45, 2.75) is 26.7 Å². The number of fused-ring (bicyclic) bond motifs is 1. The molecule has 2 aromatic rings. The summed E-state index contributed by atoms with van der Waals surface area (Å²) >= 11 is 5.20. The lowest BCUT2D eigenvalue weighted by atomic mass is 10.1. The molecule has 0 saturated heterocycles. The number of anilines is 1. The highest BCUT2D eigenvalue weighted by Gasteiger charge is 2.12. The number of hydrogen-bond donors (Lipinski definition) is 1. The fourth-order valence-corrected chi connectivity index (χ4v) is 2.58. The first-order valence-electron chi connectivity index (χ1n) is 7.11. The van der Waals surface area contributed by atoms with Crippen molar-refractivity contribution in [1.29, 1.82) is 0 Å². The van der Waals surface area contributed by atoms with E-state index in [2.05, 4.69) is 18.7 Å². The quantitative estimate of drug-likeness (QED) is 0.826. The molecule has 20 heavy (non-hydrogen) atoms. The predicted octanol–water partition coefficient (Wildman–Crippen LogP) is 3.50. The SMILES string of the molecule is CCCN(CCC)c1cc(C(N)=S)c2ccccc2n1. The minimum absolute atomic E-state index is 0.429. The van der Waals surface area contributed by atoms with Crippen LogP contribution in [-0.4, -0.2) is 23.1 Å². The molecule has 0 atom stereocenters. The average molecular weight is 287 g/mol. The van der Waals surface area contributed by atoms with Crippen LogP contribution in [0.4, 0.5) is 5.82 Å². The van der Waals surface area contributed by atoms with E-state index in [0.29, 0.717) is 4.99 Å². The van der Waals surface area contributed by atoms with Gasteiger partial charge >= 0.3 is 0 Å². The van der Waals surface area contributed by atoms with Crippen molar-refractivity contribution in [3.63, 3.8) is 0 Å². The zero-order chi connectivity index (χ0) is 14.5. The summed E-state index contributed by atoms with van der Waals surface area (Å²) in [7, 11) is 0. The van der Waals surface area contributed by atoms with Crippen molar-refractivity contribution >= 4 is 33.9 Å². The first kappa shape index (κ1) is 14.7. The lowest BCUT2D eigenvalue weighted by Gasteiger charge is -2.23. The summed E-state index contributed by atoms with van der Waals surface area (Å²) in [5, 5.41) is 1.02. The molecular weight excluding hydrogens is 266 g/mol. The molecule has 0 aliphatic heterocycles. The minimum atomic E-state index is 0.429. The van der Waals surface area contributed by atoms with Crippen molar-refractivity contribution in [2.75, 3.05) is 18.0 Å². The first-order chi connectivity index (χ1) is 9.67. The molecule has 0 saturated carbocycles. The van der Waals surface area contributed by atoms with E-state index in [-0.39, 0.29) is 0 Å². The van der Waals surface area contributed by atoms with Crippen LogP contribution in [0.5, 0.6) is 0 Å². The van der Waals surface area contributed by atoms with Crippen LogP contribution in [0.15, 0.2) is 30.3 Å². The second-order valence-corrected chi connectivity index (χ2v) is 5.34. The number of nitrogens with two attached hydrogens (primary N) is 1. The molecule has 0 aliphatic carbocycles. The van der Waals surface area contributed by atoms with Crippen molar-refractivity contribution in [3.05, 3.63) is 35.9 Å². The zero-order valence-corrected chi connectivity index (χ0v) is 12.9. The van der Waals surface area contributed by atoms with Gasteiger partial charge in [0, 0.05) is 24.0 Å². The van der Waals surface area contributed by atoms with Crippen LogP contribution in [0.25, 0.3) is 10.9 Å². The number of para-hydroxylation sites is 1. The van der Waals surface area contributed by atoms with Crippen molar-refractivity contribution in [2.24, 2.45) is 5.73 Å². The van der Waals surface area contributed by atoms with Crippen molar-refractivity contribution in [1.82, 2.24) is 4.98 Å². The summed E-state index contributed by atoms with van der Waals surface area (Å²) in [5.74, 6) is 0.968. The molecule has 0 spiro atoms. The molecule has 2 rings (SSSR count). The monoisotopic (exact) mass is 287 g/mol. The Bertz CT molecular complexity index is 604. The van der Waals surface area contributed by atoms with Gasteiger partial charge in [-0.25, -0.2) is 4.98 Å². The number of thiocarbonyl (C=S) groups is 1. The van der Waals surface area contributed by atoms with Crippen LogP contribution >= 0.6 is 12.2 Å². The van der Waals surface area contributed by atoms with Crippen molar-refractivity contribution < 1.29 is 0 Å². The van der Waals surface area contributed by atoms with E-state index in [0.717, 1.165) is 48.2 Å². The molecule has 2 N–H and O–H groups in total. The summed E-state index contributed by atoms with van der Waals surface area (Å²) in [5.41, 5.74) is 7.75. The molecule has 0 bridgehead atoms. The number of rotatable bonds is 6. The maximum absolute atomic E-state index is 5.88. The van der Waals surface area contributed by atoms with Gasteiger partial charge in [0.1, 0.15) is 10.8 Å². The predicted molar refractivity (Wildman–Crippen MR) is 90.4 cm³/mol. The Kier molecular flexibility index (Phi) is 4.90. The van der Waals surface area contributed by atoms with Gasteiger partial charge in [0.25, 0.3) is 0 Å². The van der Waals surface area contributed by atoms with E-state index >= 15 is 0 Å². The van der Waals surface area contributed by atoms with Gasteiger partial charge in [0.2, 0.25) is 0 Å². The average Bonchev–Trinajstić information content (AvgIpc) is 2.45. The van der Waals surface area contributed by atoms with E-state index in [1.807, 2.05) is 30.3 Å². The topological polar surface area (TPSA) is 42.1 Å². The molecule has 0 amide bonds. The number of nitrogens with zero attached hydrogens (tertiary/aromatic N) is 2. The molecule has 1 aromatic heterocycles. The minimum Gasteiger partial charge on any atom is -0.389 e. The molecule has 0 fully saturated rings. The van der Waals surface area contributed by atoms with Crippen LogP contribution in [0.2, 0.25) is 0 Å². The van der Waals surface area contributed by atoms with Crippen LogP contribution in [0.3, 0.4) is 0 Å². The number of aromatic nitrogens is 1. The summed E-state index contributed by atoms with van der Waals surface area (Å²) < 4.78 is 0. The van der Waals surface area contributed by atoms with Gasteiger partial charge < -0.3 is 10.6 Å². The van der Waals surface area contributed by atoms with Gasteiger partial charge in [-0.3, -0.25) is 0 Å². The largest absolute Gasteiger partial charge is 0.389 e. The smallest absolute Gasteiger partial charge is 0.129 e. The second-order valence-electron chi connectivity index (χ2n) is 4.90. The fourth-order valence-electron chi connectivity index (χ4n) is 2.41. The first-order valence-corrected chi connectivity index (χ1v) is 7.52. The third kappa shape index (κ3) is 3.07. The molecule has 106 valence electrons. The Morgan fingerprint density at radius 1 is 1.20 bits per heavy atom.